The largest absolute Gasteiger partial charge is 0.352 e. The van der Waals surface area contributed by atoms with E-state index in [1.54, 1.807) is 31.6 Å². The number of hydrogen-bond donors (Lipinski definition) is 1. The van der Waals surface area contributed by atoms with Crippen LogP contribution in [0.3, 0.4) is 0 Å². The number of carbonyl (C=O) groups excluding carboxylic acids is 1. The van der Waals surface area contributed by atoms with Crippen LogP contribution in [-0.4, -0.2) is 27.4 Å². The smallest absolute Gasteiger partial charge is 0.254 e. The number of amides is 1. The molecule has 2 heterocycles. The Morgan fingerprint density at radius 3 is 2.61 bits per heavy atom. The van der Waals surface area contributed by atoms with E-state index in [1.807, 2.05) is 12.1 Å². The fraction of sp³-hybridized carbons (Fsp3) is 0.364. The summed E-state index contributed by atoms with van der Waals surface area (Å²) in [4.78, 5) is 24.6. The van der Waals surface area contributed by atoms with Crippen LogP contribution >= 0.6 is 0 Å². The molecule has 0 atom stereocenters. The number of carbonyl (C=O) groups is 1. The van der Waals surface area contributed by atoms with Crippen LogP contribution in [0.15, 0.2) is 42.9 Å². The Balaban J connectivity index is 1.36. The number of halogens is 1. The van der Waals surface area contributed by atoms with Gasteiger partial charge in [0.25, 0.3) is 5.91 Å². The molecule has 0 radical (unpaired) electrons. The van der Waals surface area contributed by atoms with Crippen LogP contribution in [0.25, 0.3) is 10.9 Å². The fourth-order valence-electron chi connectivity index (χ4n) is 4.04. The average Bonchev–Trinajstić information content (AvgIpc) is 2.73. The maximum Gasteiger partial charge on any atom is 0.254 e. The number of aromatic nitrogens is 3. The van der Waals surface area contributed by atoms with Crippen LogP contribution in [0.1, 0.15) is 53.3 Å². The first-order valence-electron chi connectivity index (χ1n) is 9.72. The minimum Gasteiger partial charge on any atom is -0.352 e. The molecule has 6 heteroatoms. The van der Waals surface area contributed by atoms with Gasteiger partial charge in [-0.05, 0) is 62.1 Å². The van der Waals surface area contributed by atoms with Crippen LogP contribution in [0.5, 0.6) is 0 Å². The summed E-state index contributed by atoms with van der Waals surface area (Å²) in [6.07, 6.45) is 8.96. The maximum absolute atomic E-state index is 14.0. The Morgan fingerprint density at radius 2 is 1.86 bits per heavy atom. The highest BCUT2D eigenvalue weighted by Crippen LogP contribution is 2.38. The standard InChI is InChI=1S/C22H23FN4O/c1-14-25-12-17(13-26-14)22(28)27-11-15-5-7-16(8-6-15)18-9-10-24-21-19(18)3-2-4-20(21)23/h2-4,9-10,12-13,15-16H,5-8,11H2,1H3,(H,27,28). The Hall–Kier alpha value is -2.89. The number of aryl methyl sites for hydroxylation is 1. The molecule has 1 aliphatic carbocycles. The molecule has 0 spiro atoms. The van der Waals surface area contributed by atoms with Crippen LogP contribution in [0.4, 0.5) is 4.39 Å². The van der Waals surface area contributed by atoms with E-state index in [9.17, 15) is 9.18 Å². The van der Waals surface area contributed by atoms with E-state index < -0.39 is 0 Å². The summed E-state index contributed by atoms with van der Waals surface area (Å²) in [5.74, 6) is 1.12. The maximum atomic E-state index is 14.0. The molecule has 0 unspecified atom stereocenters. The van der Waals surface area contributed by atoms with Crippen molar-refractivity contribution in [1.29, 1.82) is 0 Å². The predicted octanol–water partition coefficient (Wildman–Crippen LogP) is 4.18. The van der Waals surface area contributed by atoms with Crippen molar-refractivity contribution < 1.29 is 9.18 Å². The van der Waals surface area contributed by atoms with Gasteiger partial charge in [-0.2, -0.15) is 0 Å². The third-order valence-electron chi connectivity index (χ3n) is 5.64. The number of hydrogen-bond acceptors (Lipinski definition) is 4. The van der Waals surface area contributed by atoms with Gasteiger partial charge in [0.2, 0.25) is 0 Å². The van der Waals surface area contributed by atoms with Gasteiger partial charge in [-0.15, -0.1) is 0 Å². The van der Waals surface area contributed by atoms with E-state index in [1.165, 1.54) is 11.6 Å². The number of nitrogens with one attached hydrogen (secondary N) is 1. The lowest BCUT2D eigenvalue weighted by atomic mass is 9.78. The molecule has 28 heavy (non-hydrogen) atoms. The molecule has 1 saturated carbocycles. The Morgan fingerprint density at radius 1 is 1.11 bits per heavy atom. The number of rotatable bonds is 4. The van der Waals surface area contributed by atoms with E-state index >= 15 is 0 Å². The minimum absolute atomic E-state index is 0.127. The monoisotopic (exact) mass is 378 g/mol. The number of fused-ring (bicyclic) bond motifs is 1. The molecule has 1 N–H and O–H groups in total. The number of nitrogens with zero attached hydrogens (tertiary/aromatic N) is 3. The molecule has 5 nitrogen and oxygen atoms in total. The number of benzene rings is 1. The summed E-state index contributed by atoms with van der Waals surface area (Å²) in [5, 5.41) is 3.92. The van der Waals surface area contributed by atoms with Crippen molar-refractivity contribution in [2.24, 2.45) is 5.92 Å². The Bertz CT molecular complexity index is 981. The van der Waals surface area contributed by atoms with Gasteiger partial charge in [0.15, 0.2) is 0 Å². The van der Waals surface area contributed by atoms with Crippen LogP contribution < -0.4 is 5.32 Å². The quantitative estimate of drug-likeness (QED) is 0.740. The first-order valence-corrected chi connectivity index (χ1v) is 9.72. The van der Waals surface area contributed by atoms with Crippen molar-refractivity contribution in [3.05, 3.63) is 65.6 Å². The lowest BCUT2D eigenvalue weighted by molar-refractivity contribution is 0.0942. The molecule has 1 aliphatic rings. The topological polar surface area (TPSA) is 67.8 Å². The summed E-state index contributed by atoms with van der Waals surface area (Å²) >= 11 is 0. The number of pyridine rings is 1. The second-order valence-electron chi connectivity index (χ2n) is 7.48. The van der Waals surface area contributed by atoms with Crippen molar-refractivity contribution >= 4 is 16.8 Å². The van der Waals surface area contributed by atoms with Gasteiger partial charge in [0.05, 0.1) is 5.56 Å². The zero-order valence-corrected chi connectivity index (χ0v) is 15.9. The SMILES string of the molecule is Cc1ncc(C(=O)NCC2CCC(c3ccnc4c(F)cccc34)CC2)cn1. The Labute approximate surface area is 163 Å². The number of para-hydroxylation sites is 1. The molecular formula is C22H23FN4O. The lowest BCUT2D eigenvalue weighted by Gasteiger charge is -2.29. The third kappa shape index (κ3) is 3.86. The molecule has 1 aromatic carbocycles. The van der Waals surface area contributed by atoms with Gasteiger partial charge in [-0.1, -0.05) is 12.1 Å². The molecule has 0 aliphatic heterocycles. The van der Waals surface area contributed by atoms with E-state index in [2.05, 4.69) is 20.3 Å². The summed E-state index contributed by atoms with van der Waals surface area (Å²) in [7, 11) is 0. The van der Waals surface area contributed by atoms with Gasteiger partial charge in [0.1, 0.15) is 17.2 Å². The Kier molecular flexibility index (Phi) is 5.28. The first-order chi connectivity index (χ1) is 13.6. The minimum atomic E-state index is -0.268. The fourth-order valence-corrected chi connectivity index (χ4v) is 4.04. The van der Waals surface area contributed by atoms with E-state index in [4.69, 9.17) is 0 Å². The average molecular weight is 378 g/mol. The van der Waals surface area contributed by atoms with Gasteiger partial charge in [-0.25, -0.2) is 14.4 Å². The molecule has 144 valence electrons. The van der Waals surface area contributed by atoms with Crippen molar-refractivity contribution in [2.45, 2.75) is 38.5 Å². The van der Waals surface area contributed by atoms with E-state index in [0.717, 1.165) is 31.1 Å². The molecule has 3 aromatic rings. The second-order valence-corrected chi connectivity index (χ2v) is 7.48. The zero-order valence-electron chi connectivity index (χ0n) is 15.9. The van der Waals surface area contributed by atoms with E-state index in [0.29, 0.717) is 35.3 Å². The molecule has 4 rings (SSSR count). The highest BCUT2D eigenvalue weighted by atomic mass is 19.1. The van der Waals surface area contributed by atoms with Gasteiger partial charge >= 0.3 is 0 Å². The third-order valence-corrected chi connectivity index (χ3v) is 5.64. The lowest BCUT2D eigenvalue weighted by Crippen LogP contribution is -2.31. The van der Waals surface area contributed by atoms with E-state index in [-0.39, 0.29) is 11.7 Å². The molecule has 1 amide bonds. The summed E-state index contributed by atoms with van der Waals surface area (Å²) in [5.41, 5.74) is 2.13. The molecule has 0 saturated heterocycles. The molecule has 1 fully saturated rings. The van der Waals surface area contributed by atoms with Crippen LogP contribution in [0, 0.1) is 18.7 Å². The molecule has 0 bridgehead atoms. The van der Waals surface area contributed by atoms with Crippen LogP contribution in [-0.2, 0) is 0 Å². The van der Waals surface area contributed by atoms with Crippen molar-refractivity contribution in [3.63, 3.8) is 0 Å². The van der Waals surface area contributed by atoms with Crippen molar-refractivity contribution in [1.82, 2.24) is 20.3 Å². The second kappa shape index (κ2) is 8.00. The van der Waals surface area contributed by atoms with Gasteiger partial charge in [-0.3, -0.25) is 9.78 Å². The normalized spacial score (nSPS) is 19.5. The summed E-state index contributed by atoms with van der Waals surface area (Å²) in [6.45, 7) is 2.45. The van der Waals surface area contributed by atoms with Crippen molar-refractivity contribution in [2.75, 3.05) is 6.54 Å². The first kappa shape index (κ1) is 18.5. The summed E-state index contributed by atoms with van der Waals surface area (Å²) in [6, 6.07) is 7.18. The molecular weight excluding hydrogens is 355 g/mol. The zero-order chi connectivity index (χ0) is 19.5. The summed E-state index contributed by atoms with van der Waals surface area (Å²) < 4.78 is 14.0. The highest BCUT2D eigenvalue weighted by molar-refractivity contribution is 5.93. The highest BCUT2D eigenvalue weighted by Gasteiger charge is 2.24. The van der Waals surface area contributed by atoms with Gasteiger partial charge in [0, 0.05) is 30.5 Å². The van der Waals surface area contributed by atoms with Crippen LogP contribution in [0.2, 0.25) is 0 Å². The molecule has 2 aromatic heterocycles. The van der Waals surface area contributed by atoms with Crippen molar-refractivity contribution in [3.8, 4) is 0 Å². The van der Waals surface area contributed by atoms with Gasteiger partial charge < -0.3 is 5.32 Å². The predicted molar refractivity (Wildman–Crippen MR) is 106 cm³/mol.